The molecule has 1 N–H and O–H groups in total. The number of hydrogen-bond donors (Lipinski definition) is 1. The summed E-state index contributed by atoms with van der Waals surface area (Å²) < 4.78 is 2.07. The first-order valence-corrected chi connectivity index (χ1v) is 6.15. The van der Waals surface area contributed by atoms with Crippen molar-refractivity contribution in [1.29, 1.82) is 0 Å². The van der Waals surface area contributed by atoms with E-state index in [1.165, 1.54) is 11.3 Å². The molecule has 0 radical (unpaired) electrons. The molecule has 1 heterocycles. The fourth-order valence-electron chi connectivity index (χ4n) is 1.85. The minimum atomic E-state index is 0. The molecule has 0 bridgehead atoms. The largest absolute Gasteiger partial charge is 0.307 e. The van der Waals surface area contributed by atoms with Crippen LogP contribution < -0.4 is 5.32 Å². The molecule has 1 aromatic carbocycles. The second-order valence-electron chi connectivity index (χ2n) is 4.13. The van der Waals surface area contributed by atoms with Crippen molar-refractivity contribution < 1.29 is 0 Å². The van der Waals surface area contributed by atoms with Gasteiger partial charge in [0.15, 0.2) is 0 Å². The molecule has 98 valence electrons. The summed E-state index contributed by atoms with van der Waals surface area (Å²) >= 11 is 0. The first-order valence-electron chi connectivity index (χ1n) is 6.15. The fraction of sp³-hybridized carbons (Fsp3) is 0.357. The van der Waals surface area contributed by atoms with Gasteiger partial charge >= 0.3 is 0 Å². The zero-order chi connectivity index (χ0) is 11.9. The van der Waals surface area contributed by atoms with E-state index >= 15 is 0 Å². The van der Waals surface area contributed by atoms with Crippen LogP contribution >= 0.6 is 12.4 Å². The molecular formula is C14H20ClN3. The van der Waals surface area contributed by atoms with Gasteiger partial charge in [-0.3, -0.25) is 4.68 Å². The maximum Gasteiger partial charge on any atom is 0.0522 e. The summed E-state index contributed by atoms with van der Waals surface area (Å²) in [6.07, 6.45) is 2.99. The maximum absolute atomic E-state index is 4.31. The zero-order valence-electron chi connectivity index (χ0n) is 10.7. The van der Waals surface area contributed by atoms with E-state index in [0.29, 0.717) is 0 Å². The Morgan fingerprint density at radius 2 is 1.89 bits per heavy atom. The lowest BCUT2D eigenvalue weighted by atomic mass is 10.2. The van der Waals surface area contributed by atoms with Crippen LogP contribution in [-0.4, -0.2) is 9.78 Å². The Morgan fingerprint density at radius 1 is 1.11 bits per heavy atom. The van der Waals surface area contributed by atoms with Crippen molar-refractivity contribution in [3.05, 3.63) is 53.9 Å². The Bertz CT molecular complexity index is 439. The van der Waals surface area contributed by atoms with Crippen molar-refractivity contribution in [3.63, 3.8) is 0 Å². The van der Waals surface area contributed by atoms with Crippen molar-refractivity contribution in [2.45, 2.75) is 33.0 Å². The van der Waals surface area contributed by atoms with Crippen LogP contribution in [-0.2, 0) is 19.6 Å². The van der Waals surface area contributed by atoms with Gasteiger partial charge in [0.2, 0.25) is 0 Å². The third kappa shape index (κ3) is 4.17. The molecule has 0 fully saturated rings. The fourth-order valence-corrected chi connectivity index (χ4v) is 1.85. The molecule has 0 aliphatic rings. The van der Waals surface area contributed by atoms with Gasteiger partial charge in [-0.05, 0) is 18.1 Å². The minimum Gasteiger partial charge on any atom is -0.307 e. The monoisotopic (exact) mass is 265 g/mol. The standard InChI is InChI=1S/C14H19N3.ClH/c1-2-10-17-14(8-9-16-17)12-15-11-13-6-4-3-5-7-13;/h3-9,15H,2,10-12H2,1H3;1H. The molecule has 2 rings (SSSR count). The highest BCUT2D eigenvalue weighted by Gasteiger charge is 2.00. The highest BCUT2D eigenvalue weighted by Crippen LogP contribution is 2.02. The van der Waals surface area contributed by atoms with E-state index in [1.54, 1.807) is 0 Å². The maximum atomic E-state index is 4.31. The summed E-state index contributed by atoms with van der Waals surface area (Å²) in [6.45, 7) is 4.94. The van der Waals surface area contributed by atoms with Gasteiger partial charge in [0, 0.05) is 25.8 Å². The summed E-state index contributed by atoms with van der Waals surface area (Å²) in [7, 11) is 0. The van der Waals surface area contributed by atoms with Crippen LogP contribution in [0, 0.1) is 0 Å². The first kappa shape index (κ1) is 14.7. The molecule has 0 saturated heterocycles. The Labute approximate surface area is 115 Å². The normalized spacial score (nSPS) is 10.1. The van der Waals surface area contributed by atoms with Gasteiger partial charge in [-0.25, -0.2) is 0 Å². The highest BCUT2D eigenvalue weighted by atomic mass is 35.5. The molecule has 0 atom stereocenters. The van der Waals surface area contributed by atoms with Crippen LogP contribution in [0.15, 0.2) is 42.6 Å². The van der Waals surface area contributed by atoms with Gasteiger partial charge in [-0.15, -0.1) is 12.4 Å². The SMILES string of the molecule is CCCn1nccc1CNCc1ccccc1.Cl. The number of benzene rings is 1. The van der Waals surface area contributed by atoms with Crippen molar-refractivity contribution in [3.8, 4) is 0 Å². The van der Waals surface area contributed by atoms with Crippen LogP contribution in [0.3, 0.4) is 0 Å². The second-order valence-corrected chi connectivity index (χ2v) is 4.13. The van der Waals surface area contributed by atoms with E-state index in [1.807, 2.05) is 12.3 Å². The molecule has 0 amide bonds. The number of hydrogen-bond acceptors (Lipinski definition) is 2. The van der Waals surface area contributed by atoms with Crippen LogP contribution in [0.25, 0.3) is 0 Å². The van der Waals surface area contributed by atoms with E-state index in [2.05, 4.69) is 52.4 Å². The topological polar surface area (TPSA) is 29.9 Å². The Kier molecular flexibility index (Phi) is 6.47. The van der Waals surface area contributed by atoms with Gasteiger partial charge in [-0.1, -0.05) is 37.3 Å². The average Bonchev–Trinajstić information content (AvgIpc) is 2.79. The van der Waals surface area contributed by atoms with Gasteiger partial charge in [0.1, 0.15) is 0 Å². The molecule has 3 nitrogen and oxygen atoms in total. The van der Waals surface area contributed by atoms with Gasteiger partial charge in [0.05, 0.1) is 5.69 Å². The zero-order valence-corrected chi connectivity index (χ0v) is 11.5. The van der Waals surface area contributed by atoms with Crippen molar-refractivity contribution in [2.24, 2.45) is 0 Å². The molecule has 0 aliphatic carbocycles. The highest BCUT2D eigenvalue weighted by molar-refractivity contribution is 5.85. The smallest absolute Gasteiger partial charge is 0.0522 e. The summed E-state index contributed by atoms with van der Waals surface area (Å²) in [5.74, 6) is 0. The summed E-state index contributed by atoms with van der Waals surface area (Å²) in [5, 5.41) is 7.75. The van der Waals surface area contributed by atoms with E-state index in [0.717, 1.165) is 26.1 Å². The lowest BCUT2D eigenvalue weighted by molar-refractivity contribution is 0.549. The molecule has 2 aromatic rings. The van der Waals surface area contributed by atoms with Gasteiger partial charge in [0.25, 0.3) is 0 Å². The number of nitrogens with one attached hydrogen (secondary N) is 1. The Hall–Kier alpha value is -1.32. The molecule has 0 spiro atoms. The molecule has 4 heteroatoms. The van der Waals surface area contributed by atoms with Gasteiger partial charge in [-0.2, -0.15) is 5.10 Å². The van der Waals surface area contributed by atoms with E-state index in [4.69, 9.17) is 0 Å². The van der Waals surface area contributed by atoms with Crippen LogP contribution in [0.4, 0.5) is 0 Å². The third-order valence-electron chi connectivity index (χ3n) is 2.72. The van der Waals surface area contributed by atoms with E-state index in [9.17, 15) is 0 Å². The van der Waals surface area contributed by atoms with Crippen LogP contribution in [0.2, 0.25) is 0 Å². The molecule has 1 aromatic heterocycles. The van der Waals surface area contributed by atoms with Crippen molar-refractivity contribution in [1.82, 2.24) is 15.1 Å². The third-order valence-corrected chi connectivity index (χ3v) is 2.72. The van der Waals surface area contributed by atoms with Crippen molar-refractivity contribution in [2.75, 3.05) is 0 Å². The van der Waals surface area contributed by atoms with Crippen LogP contribution in [0.1, 0.15) is 24.6 Å². The van der Waals surface area contributed by atoms with Crippen molar-refractivity contribution >= 4 is 12.4 Å². The van der Waals surface area contributed by atoms with E-state index in [-0.39, 0.29) is 12.4 Å². The first-order chi connectivity index (χ1) is 8.40. The summed E-state index contributed by atoms with van der Waals surface area (Å²) in [6, 6.07) is 12.5. The molecular weight excluding hydrogens is 246 g/mol. The molecule has 0 saturated carbocycles. The number of nitrogens with zero attached hydrogens (tertiary/aromatic N) is 2. The number of aromatic nitrogens is 2. The molecule has 18 heavy (non-hydrogen) atoms. The summed E-state index contributed by atoms with van der Waals surface area (Å²) in [5.41, 5.74) is 2.57. The Balaban J connectivity index is 0.00000162. The second kappa shape index (κ2) is 7.90. The lowest BCUT2D eigenvalue weighted by Crippen LogP contribution is -2.16. The van der Waals surface area contributed by atoms with Crippen LogP contribution in [0.5, 0.6) is 0 Å². The van der Waals surface area contributed by atoms with E-state index < -0.39 is 0 Å². The molecule has 0 unspecified atom stereocenters. The minimum absolute atomic E-state index is 0. The lowest BCUT2D eigenvalue weighted by Gasteiger charge is -2.07. The predicted octanol–water partition coefficient (Wildman–Crippen LogP) is 3.00. The predicted molar refractivity (Wildman–Crippen MR) is 76.8 cm³/mol. The molecule has 0 aliphatic heterocycles. The quantitative estimate of drug-likeness (QED) is 0.870. The number of rotatable bonds is 6. The average molecular weight is 266 g/mol. The summed E-state index contributed by atoms with van der Waals surface area (Å²) in [4.78, 5) is 0. The number of aryl methyl sites for hydroxylation is 1. The Morgan fingerprint density at radius 3 is 2.61 bits per heavy atom. The van der Waals surface area contributed by atoms with Gasteiger partial charge < -0.3 is 5.32 Å². The number of halogens is 1.